The van der Waals surface area contributed by atoms with Crippen LogP contribution in [0.2, 0.25) is 0 Å². The summed E-state index contributed by atoms with van der Waals surface area (Å²) in [6.07, 6.45) is 71.1. The number of hydrogen-bond donors (Lipinski definition) is 3. The SMILES string of the molecule is CC/C=C\C/C=C\C/C=C\C/C=C\CCCCC(=O)NC(CO)C(O)CCCCCCCCCCCCCCCCCCCCCCCCCCCCCCCCCCC. The smallest absolute Gasteiger partial charge is 0.220 e. The number of aliphatic hydroxyl groups excluding tert-OH is 2. The van der Waals surface area contributed by atoms with Crippen molar-refractivity contribution in [2.24, 2.45) is 0 Å². The zero-order valence-corrected chi connectivity index (χ0v) is 40.5. The molecule has 60 heavy (non-hydrogen) atoms. The van der Waals surface area contributed by atoms with E-state index < -0.39 is 12.1 Å². The Morgan fingerprint density at radius 1 is 0.417 bits per heavy atom. The second-order valence-electron chi connectivity index (χ2n) is 18.3. The third-order valence-corrected chi connectivity index (χ3v) is 12.4. The number of rotatable bonds is 49. The quantitative estimate of drug-likeness (QED) is 0.0422. The van der Waals surface area contributed by atoms with E-state index in [9.17, 15) is 15.0 Å². The summed E-state index contributed by atoms with van der Waals surface area (Å²) in [6, 6.07) is -0.560. The van der Waals surface area contributed by atoms with Crippen LogP contribution in [0.4, 0.5) is 0 Å². The summed E-state index contributed by atoms with van der Waals surface area (Å²) in [5, 5.41) is 23.2. The molecule has 0 aromatic rings. The molecule has 0 aliphatic heterocycles. The predicted octanol–water partition coefficient (Wildman–Crippen LogP) is 17.5. The fraction of sp³-hybridized carbons (Fsp3) is 0.839. The van der Waals surface area contributed by atoms with E-state index in [1.807, 2.05) is 0 Å². The van der Waals surface area contributed by atoms with Gasteiger partial charge in [0, 0.05) is 6.42 Å². The average molecular weight is 840 g/mol. The first-order valence-corrected chi connectivity index (χ1v) is 26.8. The molecular weight excluding hydrogens is 735 g/mol. The zero-order chi connectivity index (χ0) is 43.5. The van der Waals surface area contributed by atoms with Gasteiger partial charge in [-0.15, -0.1) is 0 Å². The van der Waals surface area contributed by atoms with Gasteiger partial charge in [-0.1, -0.05) is 274 Å². The molecule has 352 valence electrons. The summed E-state index contributed by atoms with van der Waals surface area (Å²) in [7, 11) is 0. The molecular formula is C56H105NO3. The Morgan fingerprint density at radius 2 is 0.733 bits per heavy atom. The zero-order valence-electron chi connectivity index (χ0n) is 40.5. The van der Waals surface area contributed by atoms with Crippen molar-refractivity contribution < 1.29 is 15.0 Å². The van der Waals surface area contributed by atoms with Gasteiger partial charge in [0.05, 0.1) is 18.8 Å². The van der Waals surface area contributed by atoms with E-state index in [2.05, 4.69) is 67.8 Å². The topological polar surface area (TPSA) is 69.6 Å². The lowest BCUT2D eigenvalue weighted by molar-refractivity contribution is -0.123. The third-order valence-electron chi connectivity index (χ3n) is 12.4. The van der Waals surface area contributed by atoms with E-state index in [4.69, 9.17) is 0 Å². The summed E-state index contributed by atoms with van der Waals surface area (Å²) in [6.45, 7) is 4.24. The van der Waals surface area contributed by atoms with E-state index in [1.165, 1.54) is 199 Å². The minimum Gasteiger partial charge on any atom is -0.394 e. The van der Waals surface area contributed by atoms with Crippen LogP contribution in [0.1, 0.15) is 284 Å². The molecule has 2 unspecified atom stereocenters. The van der Waals surface area contributed by atoms with Crippen LogP contribution < -0.4 is 5.32 Å². The van der Waals surface area contributed by atoms with Gasteiger partial charge in [0.2, 0.25) is 5.91 Å². The Balaban J connectivity index is 3.42. The van der Waals surface area contributed by atoms with Gasteiger partial charge >= 0.3 is 0 Å². The van der Waals surface area contributed by atoms with Crippen LogP contribution in [0.15, 0.2) is 48.6 Å². The van der Waals surface area contributed by atoms with Gasteiger partial charge in [-0.25, -0.2) is 0 Å². The highest BCUT2D eigenvalue weighted by atomic mass is 16.3. The van der Waals surface area contributed by atoms with Crippen molar-refractivity contribution in [1.29, 1.82) is 0 Å². The first-order valence-electron chi connectivity index (χ1n) is 26.8. The Bertz CT molecular complexity index is 954. The second-order valence-corrected chi connectivity index (χ2v) is 18.3. The summed E-state index contributed by atoms with van der Waals surface area (Å²) >= 11 is 0. The normalized spacial score (nSPS) is 13.2. The number of hydrogen-bond acceptors (Lipinski definition) is 3. The molecule has 1 amide bonds. The minimum atomic E-state index is -0.679. The van der Waals surface area contributed by atoms with Gasteiger partial charge in [-0.2, -0.15) is 0 Å². The van der Waals surface area contributed by atoms with Crippen LogP contribution in [0.5, 0.6) is 0 Å². The van der Waals surface area contributed by atoms with E-state index in [0.717, 1.165) is 57.8 Å². The van der Waals surface area contributed by atoms with Gasteiger partial charge in [-0.3, -0.25) is 4.79 Å². The second kappa shape index (κ2) is 51.7. The van der Waals surface area contributed by atoms with Crippen LogP contribution in [0, 0.1) is 0 Å². The summed E-state index contributed by atoms with van der Waals surface area (Å²) in [5.41, 5.74) is 0. The fourth-order valence-electron chi connectivity index (χ4n) is 8.30. The van der Waals surface area contributed by atoms with E-state index in [0.29, 0.717) is 12.8 Å². The first kappa shape index (κ1) is 58.4. The van der Waals surface area contributed by atoms with Crippen LogP contribution in [0.25, 0.3) is 0 Å². The third kappa shape index (κ3) is 47.4. The molecule has 4 nitrogen and oxygen atoms in total. The van der Waals surface area contributed by atoms with Crippen LogP contribution >= 0.6 is 0 Å². The number of allylic oxidation sites excluding steroid dienone is 8. The molecule has 0 rings (SSSR count). The lowest BCUT2D eigenvalue weighted by Gasteiger charge is -2.22. The molecule has 0 aliphatic carbocycles. The molecule has 2 atom stereocenters. The Kier molecular flexibility index (Phi) is 50.3. The molecule has 0 aromatic heterocycles. The fourth-order valence-corrected chi connectivity index (χ4v) is 8.30. The van der Waals surface area contributed by atoms with Crippen molar-refractivity contribution in [1.82, 2.24) is 5.32 Å². The van der Waals surface area contributed by atoms with Crippen molar-refractivity contribution in [3.63, 3.8) is 0 Å². The highest BCUT2D eigenvalue weighted by molar-refractivity contribution is 5.76. The van der Waals surface area contributed by atoms with Crippen molar-refractivity contribution >= 4 is 5.91 Å². The Morgan fingerprint density at radius 3 is 1.07 bits per heavy atom. The van der Waals surface area contributed by atoms with Crippen LogP contribution in [-0.4, -0.2) is 34.9 Å². The maximum absolute atomic E-state index is 12.4. The number of nitrogens with one attached hydrogen (secondary N) is 1. The lowest BCUT2D eigenvalue weighted by Crippen LogP contribution is -2.45. The molecule has 0 saturated carbocycles. The van der Waals surface area contributed by atoms with E-state index in [-0.39, 0.29) is 12.5 Å². The van der Waals surface area contributed by atoms with Crippen molar-refractivity contribution in [2.45, 2.75) is 296 Å². The lowest BCUT2D eigenvalue weighted by atomic mass is 10.0. The maximum Gasteiger partial charge on any atom is 0.220 e. The van der Waals surface area contributed by atoms with Gasteiger partial charge in [0.15, 0.2) is 0 Å². The molecule has 4 heteroatoms. The van der Waals surface area contributed by atoms with Gasteiger partial charge < -0.3 is 15.5 Å². The van der Waals surface area contributed by atoms with E-state index >= 15 is 0 Å². The monoisotopic (exact) mass is 840 g/mol. The molecule has 0 fully saturated rings. The number of carbonyl (C=O) groups excluding carboxylic acids is 1. The summed E-state index contributed by atoms with van der Waals surface area (Å²) in [5.74, 6) is -0.0700. The maximum atomic E-state index is 12.4. The van der Waals surface area contributed by atoms with Crippen molar-refractivity contribution in [2.75, 3.05) is 6.61 Å². The Labute approximate surface area is 375 Å². The molecule has 3 N–H and O–H groups in total. The molecule has 0 saturated heterocycles. The van der Waals surface area contributed by atoms with Crippen molar-refractivity contribution in [3.8, 4) is 0 Å². The highest BCUT2D eigenvalue weighted by Crippen LogP contribution is 2.18. The largest absolute Gasteiger partial charge is 0.394 e. The summed E-state index contributed by atoms with van der Waals surface area (Å²) < 4.78 is 0. The van der Waals surface area contributed by atoms with Gasteiger partial charge in [0.1, 0.15) is 0 Å². The number of amides is 1. The Hall–Kier alpha value is -1.65. The van der Waals surface area contributed by atoms with Crippen LogP contribution in [0.3, 0.4) is 0 Å². The number of aliphatic hydroxyl groups is 2. The molecule has 0 aliphatic rings. The van der Waals surface area contributed by atoms with E-state index in [1.54, 1.807) is 0 Å². The van der Waals surface area contributed by atoms with Gasteiger partial charge in [0.25, 0.3) is 0 Å². The van der Waals surface area contributed by atoms with Crippen molar-refractivity contribution in [3.05, 3.63) is 48.6 Å². The highest BCUT2D eigenvalue weighted by Gasteiger charge is 2.20. The molecule has 0 spiro atoms. The van der Waals surface area contributed by atoms with Gasteiger partial charge in [-0.05, 0) is 51.4 Å². The predicted molar refractivity (Wildman–Crippen MR) is 267 cm³/mol. The standard InChI is InChI=1S/C56H105NO3/c1-3-5-7-9-11-13-15-17-19-20-21-22-23-24-25-26-27-28-29-30-31-32-33-34-35-36-38-39-41-43-45-47-49-51-55(59)54(53-58)57-56(60)52-50-48-46-44-42-40-37-18-16-14-12-10-8-6-4-2/h6,8,12,14,18,37,42,44,54-55,58-59H,3-5,7,9-11,13,15-17,19-36,38-41,43,45-53H2,1-2H3,(H,57,60)/b8-6-,14-12-,37-18-,44-42-. The molecule has 0 heterocycles. The average Bonchev–Trinajstić information content (AvgIpc) is 3.25. The molecule has 0 bridgehead atoms. The first-order chi connectivity index (χ1) is 29.7. The number of unbranched alkanes of at least 4 members (excludes halogenated alkanes) is 34. The molecule has 0 aromatic carbocycles. The summed E-state index contributed by atoms with van der Waals surface area (Å²) in [4.78, 5) is 12.4. The molecule has 0 radical (unpaired) electrons. The van der Waals surface area contributed by atoms with Crippen LogP contribution in [-0.2, 0) is 4.79 Å². The number of carbonyl (C=O) groups is 1. The minimum absolute atomic E-state index is 0.0700.